The van der Waals surface area contributed by atoms with E-state index in [0.29, 0.717) is 30.3 Å². The lowest BCUT2D eigenvalue weighted by atomic mass is 10.1. The number of carbonyl (C=O) groups excluding carboxylic acids is 2. The summed E-state index contributed by atoms with van der Waals surface area (Å²) in [6.45, 7) is 4.73. The summed E-state index contributed by atoms with van der Waals surface area (Å²) < 4.78 is 17.2. The maximum Gasteiger partial charge on any atom is 0.267 e. The average Bonchev–Trinajstić information content (AvgIpc) is 2.82. The van der Waals surface area contributed by atoms with Crippen molar-refractivity contribution in [1.82, 2.24) is 0 Å². The second kappa shape index (κ2) is 10.7. The molecule has 1 N–H and O–H groups in total. The maximum atomic E-state index is 12.7. The zero-order valence-electron chi connectivity index (χ0n) is 19.3. The van der Waals surface area contributed by atoms with Crippen molar-refractivity contribution in [2.24, 2.45) is 0 Å². The number of carbonyl (C=O) groups is 2. The van der Waals surface area contributed by atoms with E-state index in [2.05, 4.69) is 5.32 Å². The first-order chi connectivity index (χ1) is 16.5. The number of benzene rings is 3. The van der Waals surface area contributed by atoms with E-state index in [1.165, 1.54) is 0 Å². The summed E-state index contributed by atoms with van der Waals surface area (Å²) in [5, 5.41) is 2.86. The van der Waals surface area contributed by atoms with Crippen molar-refractivity contribution in [3.63, 3.8) is 0 Å². The minimum absolute atomic E-state index is 0.129. The quantitative estimate of drug-likeness (QED) is 0.505. The van der Waals surface area contributed by atoms with Gasteiger partial charge in [-0.15, -0.1) is 0 Å². The Hall–Kier alpha value is -4.00. The van der Waals surface area contributed by atoms with Gasteiger partial charge >= 0.3 is 0 Å². The Balaban J connectivity index is 1.35. The van der Waals surface area contributed by atoms with E-state index < -0.39 is 6.10 Å². The highest BCUT2D eigenvalue weighted by molar-refractivity contribution is 6.00. The fourth-order valence-electron chi connectivity index (χ4n) is 3.68. The summed E-state index contributed by atoms with van der Waals surface area (Å²) in [5.74, 6) is 1.74. The maximum absolute atomic E-state index is 12.7. The van der Waals surface area contributed by atoms with E-state index in [1.54, 1.807) is 30.0 Å². The molecule has 0 aromatic heterocycles. The summed E-state index contributed by atoms with van der Waals surface area (Å²) >= 11 is 0. The van der Waals surface area contributed by atoms with Crippen LogP contribution in [-0.2, 0) is 9.59 Å². The molecular formula is C27H28N2O5. The lowest BCUT2D eigenvalue weighted by Crippen LogP contribution is -2.46. The van der Waals surface area contributed by atoms with Gasteiger partial charge in [0.15, 0.2) is 6.10 Å². The number of aryl methyl sites for hydroxylation is 1. The number of rotatable bonds is 9. The molecule has 3 aromatic carbocycles. The highest BCUT2D eigenvalue weighted by Crippen LogP contribution is 2.36. The molecule has 0 bridgehead atoms. The molecule has 1 atom stereocenters. The third kappa shape index (κ3) is 5.86. The summed E-state index contributed by atoms with van der Waals surface area (Å²) in [7, 11) is 0. The summed E-state index contributed by atoms with van der Waals surface area (Å²) in [5.41, 5.74) is 2.36. The normalized spacial score (nSPS) is 14.7. The standard InChI is InChI=1S/C27H28N2O5/c1-19-7-6-10-23(17-19)33-16-14-29-24-12-11-21(18-25(24)34-20(2)27(29)31)28-26(30)13-15-32-22-8-4-3-5-9-22/h3-12,17-18,20H,13-16H2,1-2H3,(H,28,30). The summed E-state index contributed by atoms with van der Waals surface area (Å²) in [6, 6.07) is 22.4. The van der Waals surface area contributed by atoms with Crippen molar-refractivity contribution < 1.29 is 23.8 Å². The van der Waals surface area contributed by atoms with Gasteiger partial charge in [-0.25, -0.2) is 0 Å². The van der Waals surface area contributed by atoms with Gasteiger partial charge in [0.25, 0.3) is 5.91 Å². The van der Waals surface area contributed by atoms with Gasteiger partial charge in [-0.05, 0) is 55.8 Å². The first kappa shape index (κ1) is 23.2. The molecule has 1 unspecified atom stereocenters. The van der Waals surface area contributed by atoms with Gasteiger partial charge in [0, 0.05) is 11.8 Å². The molecule has 7 nitrogen and oxygen atoms in total. The Bertz CT molecular complexity index is 1150. The first-order valence-corrected chi connectivity index (χ1v) is 11.3. The van der Waals surface area contributed by atoms with Crippen LogP contribution in [0.5, 0.6) is 17.2 Å². The number of hydrogen-bond donors (Lipinski definition) is 1. The minimum atomic E-state index is -0.628. The molecule has 34 heavy (non-hydrogen) atoms. The topological polar surface area (TPSA) is 77.1 Å². The minimum Gasteiger partial charge on any atom is -0.493 e. The van der Waals surface area contributed by atoms with E-state index >= 15 is 0 Å². The lowest BCUT2D eigenvalue weighted by Gasteiger charge is -2.33. The zero-order valence-corrected chi connectivity index (χ0v) is 19.3. The SMILES string of the molecule is Cc1cccc(OCCN2C(=O)C(C)Oc3cc(NC(=O)CCOc4ccccc4)ccc32)c1. The van der Waals surface area contributed by atoms with Crippen LogP contribution < -0.4 is 24.4 Å². The van der Waals surface area contributed by atoms with Crippen LogP contribution in [0.1, 0.15) is 18.9 Å². The third-order valence-corrected chi connectivity index (χ3v) is 5.37. The second-order valence-corrected chi connectivity index (χ2v) is 8.06. The van der Waals surface area contributed by atoms with E-state index in [0.717, 1.165) is 17.1 Å². The molecule has 0 spiro atoms. The first-order valence-electron chi connectivity index (χ1n) is 11.3. The van der Waals surface area contributed by atoms with Gasteiger partial charge < -0.3 is 24.4 Å². The molecule has 1 heterocycles. The molecule has 2 amide bonds. The predicted molar refractivity (Wildman–Crippen MR) is 131 cm³/mol. The number of ether oxygens (including phenoxy) is 3. The van der Waals surface area contributed by atoms with Gasteiger partial charge in [-0.3, -0.25) is 9.59 Å². The van der Waals surface area contributed by atoms with Gasteiger partial charge in [0.1, 0.15) is 23.9 Å². The summed E-state index contributed by atoms with van der Waals surface area (Å²) in [6.07, 6.45) is -0.416. The van der Waals surface area contributed by atoms with Crippen molar-refractivity contribution in [3.05, 3.63) is 78.4 Å². The Morgan fingerprint density at radius 1 is 0.971 bits per heavy atom. The Morgan fingerprint density at radius 3 is 2.53 bits per heavy atom. The van der Waals surface area contributed by atoms with Crippen molar-refractivity contribution >= 4 is 23.2 Å². The number of anilines is 2. The number of para-hydroxylation sites is 1. The van der Waals surface area contributed by atoms with E-state index in [-0.39, 0.29) is 24.8 Å². The molecular weight excluding hydrogens is 432 g/mol. The van der Waals surface area contributed by atoms with Crippen LogP contribution in [0.4, 0.5) is 11.4 Å². The van der Waals surface area contributed by atoms with Crippen LogP contribution in [0.2, 0.25) is 0 Å². The van der Waals surface area contributed by atoms with Crippen LogP contribution in [0, 0.1) is 6.92 Å². The Morgan fingerprint density at radius 2 is 1.74 bits per heavy atom. The average molecular weight is 461 g/mol. The molecule has 0 fully saturated rings. The molecule has 176 valence electrons. The third-order valence-electron chi connectivity index (χ3n) is 5.37. The number of nitrogens with zero attached hydrogens (tertiary/aromatic N) is 1. The Kier molecular flexibility index (Phi) is 7.32. The van der Waals surface area contributed by atoms with Crippen LogP contribution in [0.25, 0.3) is 0 Å². The van der Waals surface area contributed by atoms with E-state index in [1.807, 2.05) is 61.5 Å². The molecule has 4 rings (SSSR count). The molecule has 1 aliphatic rings. The fraction of sp³-hybridized carbons (Fsp3) is 0.259. The molecule has 7 heteroatoms. The van der Waals surface area contributed by atoms with Gasteiger partial charge in [0.2, 0.25) is 5.91 Å². The van der Waals surface area contributed by atoms with Crippen molar-refractivity contribution in [2.45, 2.75) is 26.4 Å². The van der Waals surface area contributed by atoms with Crippen LogP contribution in [0.15, 0.2) is 72.8 Å². The van der Waals surface area contributed by atoms with E-state index in [4.69, 9.17) is 14.2 Å². The van der Waals surface area contributed by atoms with Gasteiger partial charge in [0.05, 0.1) is 25.3 Å². The smallest absolute Gasteiger partial charge is 0.267 e. The lowest BCUT2D eigenvalue weighted by molar-refractivity contribution is -0.125. The van der Waals surface area contributed by atoms with E-state index in [9.17, 15) is 9.59 Å². The Labute approximate surface area is 199 Å². The highest BCUT2D eigenvalue weighted by atomic mass is 16.5. The van der Waals surface area contributed by atoms with Crippen molar-refractivity contribution in [3.8, 4) is 17.2 Å². The van der Waals surface area contributed by atoms with Crippen LogP contribution in [0.3, 0.4) is 0 Å². The molecule has 1 aliphatic heterocycles. The van der Waals surface area contributed by atoms with Crippen molar-refractivity contribution in [1.29, 1.82) is 0 Å². The van der Waals surface area contributed by atoms with Crippen LogP contribution in [-0.4, -0.2) is 37.7 Å². The van der Waals surface area contributed by atoms with Crippen LogP contribution >= 0.6 is 0 Å². The molecule has 0 aliphatic carbocycles. The predicted octanol–water partition coefficient (Wildman–Crippen LogP) is 4.60. The number of amides is 2. The molecule has 0 radical (unpaired) electrons. The monoisotopic (exact) mass is 460 g/mol. The molecule has 0 saturated heterocycles. The van der Waals surface area contributed by atoms with Crippen molar-refractivity contribution in [2.75, 3.05) is 30.0 Å². The second-order valence-electron chi connectivity index (χ2n) is 8.06. The van der Waals surface area contributed by atoms with Gasteiger partial charge in [-0.2, -0.15) is 0 Å². The number of fused-ring (bicyclic) bond motifs is 1. The zero-order chi connectivity index (χ0) is 23.9. The largest absolute Gasteiger partial charge is 0.493 e. The number of nitrogens with one attached hydrogen (secondary N) is 1. The number of hydrogen-bond acceptors (Lipinski definition) is 5. The fourth-order valence-corrected chi connectivity index (χ4v) is 3.68. The molecule has 3 aromatic rings. The highest BCUT2D eigenvalue weighted by Gasteiger charge is 2.31. The summed E-state index contributed by atoms with van der Waals surface area (Å²) in [4.78, 5) is 26.7. The molecule has 0 saturated carbocycles. The van der Waals surface area contributed by atoms with Gasteiger partial charge in [-0.1, -0.05) is 30.3 Å².